The van der Waals surface area contributed by atoms with Crippen LogP contribution in [0, 0.1) is 0 Å². The highest BCUT2D eigenvalue weighted by atomic mass is 16.5. The number of hydrogen-bond donors (Lipinski definition) is 1. The van der Waals surface area contributed by atoms with Crippen molar-refractivity contribution < 1.29 is 13.9 Å². The van der Waals surface area contributed by atoms with Crippen LogP contribution < -0.4 is 10.1 Å². The third kappa shape index (κ3) is 2.60. The molecule has 3 aromatic rings. The molecule has 0 radical (unpaired) electrons. The largest absolute Gasteiger partial charge is 0.496 e. The lowest BCUT2D eigenvalue weighted by atomic mass is 10.0. The van der Waals surface area contributed by atoms with Gasteiger partial charge in [0.1, 0.15) is 11.5 Å². The third-order valence-electron chi connectivity index (χ3n) is 3.35. The maximum Gasteiger partial charge on any atom is 0.252 e. The van der Waals surface area contributed by atoms with Crippen molar-refractivity contribution in [2.45, 2.75) is 6.54 Å². The minimum absolute atomic E-state index is 0.134. The van der Waals surface area contributed by atoms with Gasteiger partial charge in [-0.25, -0.2) is 0 Å². The van der Waals surface area contributed by atoms with E-state index in [1.54, 1.807) is 25.5 Å². The summed E-state index contributed by atoms with van der Waals surface area (Å²) in [4.78, 5) is 12.4. The highest BCUT2D eigenvalue weighted by molar-refractivity contribution is 6.08. The SMILES string of the molecule is COc1ccc(C(=O)NCc2ccco2)c2ccccc12. The second-order valence-corrected chi connectivity index (χ2v) is 4.62. The number of furan rings is 1. The van der Waals surface area contributed by atoms with Gasteiger partial charge in [0.15, 0.2) is 0 Å². The molecule has 1 N–H and O–H groups in total. The predicted octanol–water partition coefficient (Wildman–Crippen LogP) is 3.37. The molecule has 0 saturated carbocycles. The maximum absolute atomic E-state index is 12.4. The van der Waals surface area contributed by atoms with Gasteiger partial charge in [0.05, 0.1) is 19.9 Å². The number of nitrogens with one attached hydrogen (secondary N) is 1. The Kier molecular flexibility index (Phi) is 3.60. The Bertz CT molecular complexity index is 763. The lowest BCUT2D eigenvalue weighted by Gasteiger charge is -2.10. The van der Waals surface area contributed by atoms with Crippen molar-refractivity contribution in [3.8, 4) is 5.75 Å². The highest BCUT2D eigenvalue weighted by Gasteiger charge is 2.12. The highest BCUT2D eigenvalue weighted by Crippen LogP contribution is 2.28. The molecule has 4 heteroatoms. The van der Waals surface area contributed by atoms with E-state index < -0.39 is 0 Å². The molecule has 0 aliphatic rings. The van der Waals surface area contributed by atoms with Crippen LogP contribution in [0.25, 0.3) is 10.8 Å². The average Bonchev–Trinajstić information content (AvgIpc) is 3.05. The van der Waals surface area contributed by atoms with Gasteiger partial charge in [0.2, 0.25) is 0 Å². The molecule has 1 amide bonds. The minimum Gasteiger partial charge on any atom is -0.496 e. The van der Waals surface area contributed by atoms with Crippen LogP contribution >= 0.6 is 0 Å². The van der Waals surface area contributed by atoms with Gasteiger partial charge >= 0.3 is 0 Å². The summed E-state index contributed by atoms with van der Waals surface area (Å²) in [7, 11) is 1.62. The molecule has 0 saturated heterocycles. The van der Waals surface area contributed by atoms with Crippen LogP contribution in [-0.2, 0) is 6.54 Å². The first-order chi connectivity index (χ1) is 10.3. The fraction of sp³-hybridized carbons (Fsp3) is 0.118. The van der Waals surface area contributed by atoms with E-state index in [4.69, 9.17) is 9.15 Å². The first-order valence-electron chi connectivity index (χ1n) is 6.66. The molecule has 0 spiro atoms. The van der Waals surface area contributed by atoms with E-state index in [2.05, 4.69) is 5.32 Å². The smallest absolute Gasteiger partial charge is 0.252 e. The number of amides is 1. The van der Waals surface area contributed by atoms with Crippen LogP contribution in [0.1, 0.15) is 16.1 Å². The zero-order valence-electron chi connectivity index (χ0n) is 11.6. The van der Waals surface area contributed by atoms with Gasteiger partial charge in [0, 0.05) is 10.9 Å². The van der Waals surface area contributed by atoms with Crippen LogP contribution in [0.4, 0.5) is 0 Å². The van der Waals surface area contributed by atoms with Gasteiger partial charge in [-0.15, -0.1) is 0 Å². The first kappa shape index (κ1) is 13.2. The molecule has 0 unspecified atom stereocenters. The van der Waals surface area contributed by atoms with E-state index in [0.29, 0.717) is 12.1 Å². The van der Waals surface area contributed by atoms with Crippen LogP contribution in [0.15, 0.2) is 59.2 Å². The molecule has 0 aliphatic heterocycles. The van der Waals surface area contributed by atoms with Crippen molar-refractivity contribution in [1.82, 2.24) is 5.32 Å². The number of carbonyl (C=O) groups is 1. The first-order valence-corrected chi connectivity index (χ1v) is 6.66. The quantitative estimate of drug-likeness (QED) is 0.797. The average molecular weight is 281 g/mol. The van der Waals surface area contributed by atoms with Crippen LogP contribution in [0.5, 0.6) is 5.75 Å². The Balaban J connectivity index is 1.91. The molecular formula is C17H15NO3. The molecule has 3 rings (SSSR count). The molecule has 1 heterocycles. The molecule has 0 bridgehead atoms. The van der Waals surface area contributed by atoms with Crippen LogP contribution in [0.3, 0.4) is 0 Å². The van der Waals surface area contributed by atoms with Crippen molar-refractivity contribution in [1.29, 1.82) is 0 Å². The standard InChI is InChI=1S/C17H15NO3/c1-20-16-9-8-15(13-6-2-3-7-14(13)16)17(19)18-11-12-5-4-10-21-12/h2-10H,11H2,1H3,(H,18,19). The van der Waals surface area contributed by atoms with Crippen LogP contribution in [-0.4, -0.2) is 13.0 Å². The zero-order valence-corrected chi connectivity index (χ0v) is 11.6. The lowest BCUT2D eigenvalue weighted by Crippen LogP contribution is -2.22. The Labute approximate surface area is 122 Å². The fourth-order valence-electron chi connectivity index (χ4n) is 2.32. The lowest BCUT2D eigenvalue weighted by molar-refractivity contribution is 0.0949. The summed E-state index contributed by atoms with van der Waals surface area (Å²) < 4.78 is 10.5. The van der Waals surface area contributed by atoms with Crippen LogP contribution in [0.2, 0.25) is 0 Å². The van der Waals surface area contributed by atoms with Crippen molar-refractivity contribution in [2.75, 3.05) is 7.11 Å². The Morgan fingerprint density at radius 1 is 1.10 bits per heavy atom. The molecular weight excluding hydrogens is 266 g/mol. The second-order valence-electron chi connectivity index (χ2n) is 4.62. The Morgan fingerprint density at radius 2 is 1.90 bits per heavy atom. The number of methoxy groups -OCH3 is 1. The number of carbonyl (C=O) groups excluding carboxylic acids is 1. The zero-order chi connectivity index (χ0) is 14.7. The summed E-state index contributed by atoms with van der Waals surface area (Å²) in [6.07, 6.45) is 1.59. The molecule has 0 atom stereocenters. The summed E-state index contributed by atoms with van der Waals surface area (Å²) >= 11 is 0. The number of fused-ring (bicyclic) bond motifs is 1. The molecule has 2 aromatic carbocycles. The van der Waals surface area contributed by atoms with Gasteiger partial charge in [-0.1, -0.05) is 24.3 Å². The minimum atomic E-state index is -0.134. The van der Waals surface area contributed by atoms with Gasteiger partial charge in [-0.2, -0.15) is 0 Å². The molecule has 21 heavy (non-hydrogen) atoms. The molecule has 106 valence electrons. The summed E-state index contributed by atoms with van der Waals surface area (Å²) in [5.41, 5.74) is 0.623. The van der Waals surface area contributed by atoms with Gasteiger partial charge in [0.25, 0.3) is 5.91 Å². The Hall–Kier alpha value is -2.75. The summed E-state index contributed by atoms with van der Waals surface area (Å²) in [5.74, 6) is 1.35. The van der Waals surface area contributed by atoms with Gasteiger partial charge in [-0.3, -0.25) is 4.79 Å². The predicted molar refractivity (Wildman–Crippen MR) is 80.4 cm³/mol. The van der Waals surface area contributed by atoms with E-state index in [9.17, 15) is 4.79 Å². The van der Waals surface area contributed by atoms with Crippen molar-refractivity contribution >= 4 is 16.7 Å². The van der Waals surface area contributed by atoms with Crippen molar-refractivity contribution in [2.24, 2.45) is 0 Å². The van der Waals surface area contributed by atoms with Crippen molar-refractivity contribution in [3.05, 3.63) is 66.1 Å². The van der Waals surface area contributed by atoms with Gasteiger partial charge in [-0.05, 0) is 29.7 Å². The summed E-state index contributed by atoms with van der Waals surface area (Å²) in [6.45, 7) is 0.367. The summed E-state index contributed by atoms with van der Waals surface area (Å²) in [5, 5.41) is 4.65. The molecule has 0 aliphatic carbocycles. The molecule has 1 aromatic heterocycles. The molecule has 0 fully saturated rings. The molecule has 4 nitrogen and oxygen atoms in total. The van der Waals surface area contributed by atoms with E-state index in [0.717, 1.165) is 22.3 Å². The van der Waals surface area contributed by atoms with E-state index >= 15 is 0 Å². The number of hydrogen-bond acceptors (Lipinski definition) is 3. The summed E-state index contributed by atoms with van der Waals surface area (Å²) in [6, 6.07) is 14.9. The number of ether oxygens (including phenoxy) is 1. The normalized spacial score (nSPS) is 10.5. The monoisotopic (exact) mass is 281 g/mol. The second kappa shape index (κ2) is 5.71. The van der Waals surface area contributed by atoms with E-state index in [-0.39, 0.29) is 5.91 Å². The Morgan fingerprint density at radius 3 is 2.62 bits per heavy atom. The third-order valence-corrected chi connectivity index (χ3v) is 3.35. The number of benzene rings is 2. The van der Waals surface area contributed by atoms with Crippen molar-refractivity contribution in [3.63, 3.8) is 0 Å². The van der Waals surface area contributed by atoms with E-state index in [1.807, 2.05) is 36.4 Å². The van der Waals surface area contributed by atoms with Gasteiger partial charge < -0.3 is 14.5 Å². The number of rotatable bonds is 4. The fourth-order valence-corrected chi connectivity index (χ4v) is 2.32. The maximum atomic E-state index is 12.4. The topological polar surface area (TPSA) is 51.5 Å². The van der Waals surface area contributed by atoms with E-state index in [1.165, 1.54) is 0 Å².